The van der Waals surface area contributed by atoms with Crippen molar-refractivity contribution in [1.82, 2.24) is 20.9 Å². The normalized spacial score (nSPS) is 17.0. The van der Waals surface area contributed by atoms with Gasteiger partial charge in [0.05, 0.1) is 18.1 Å². The zero-order valence-corrected chi connectivity index (χ0v) is 28.8. The molecule has 0 heterocycles. The van der Waals surface area contributed by atoms with Crippen molar-refractivity contribution < 1.29 is 24.6 Å². The molecule has 2 rings (SSSR count). The maximum atomic E-state index is 13.8. The van der Waals surface area contributed by atoms with E-state index in [1.165, 1.54) is 6.42 Å². The standard InChI is InChI=1S/C37H60N4O5/c1-7-8-19-31(37(46)40-32(24-29-17-13-10-14-18-29)35(44)33(42)22-26(2)3)39-36(45)30(23-28-15-11-9-12-16-28)25-34(43)41(6)21-20-38-27(4)5/h1,9,11-12,15-16,26-27,29-33,35,38,42,44H,8,10,13-14,17-25H2,2-6H3,(H,39,45)(H,40,46)/t30-,31-,32+,33+,35+/m0/s1. The van der Waals surface area contributed by atoms with E-state index in [1.807, 2.05) is 58.0 Å². The second-order valence-corrected chi connectivity index (χ2v) is 13.9. The molecule has 3 amide bonds. The van der Waals surface area contributed by atoms with E-state index in [-0.39, 0.29) is 31.1 Å². The van der Waals surface area contributed by atoms with Crippen LogP contribution in [0.25, 0.3) is 0 Å². The smallest absolute Gasteiger partial charge is 0.242 e. The van der Waals surface area contributed by atoms with Crippen LogP contribution in [0.2, 0.25) is 0 Å². The molecule has 9 nitrogen and oxygen atoms in total. The lowest BCUT2D eigenvalue weighted by Gasteiger charge is -2.34. The lowest BCUT2D eigenvalue weighted by atomic mass is 9.82. The average Bonchev–Trinajstić information content (AvgIpc) is 3.02. The Balaban J connectivity index is 2.23. The van der Waals surface area contributed by atoms with E-state index < -0.39 is 42.0 Å². The summed E-state index contributed by atoms with van der Waals surface area (Å²) in [6.45, 7) is 9.20. The van der Waals surface area contributed by atoms with Gasteiger partial charge < -0.3 is 31.1 Å². The monoisotopic (exact) mass is 640 g/mol. The third kappa shape index (κ3) is 14.7. The first-order chi connectivity index (χ1) is 21.9. The molecule has 46 heavy (non-hydrogen) atoms. The van der Waals surface area contributed by atoms with Gasteiger partial charge in [0, 0.05) is 39.0 Å². The molecule has 0 aromatic heterocycles. The van der Waals surface area contributed by atoms with Crippen LogP contribution in [0.5, 0.6) is 0 Å². The van der Waals surface area contributed by atoms with E-state index in [0.717, 1.165) is 31.2 Å². The van der Waals surface area contributed by atoms with Crippen LogP contribution in [0, 0.1) is 30.1 Å². The molecular weight excluding hydrogens is 580 g/mol. The van der Waals surface area contributed by atoms with E-state index >= 15 is 0 Å². The van der Waals surface area contributed by atoms with E-state index in [4.69, 9.17) is 6.42 Å². The van der Waals surface area contributed by atoms with Crippen LogP contribution in [0.4, 0.5) is 0 Å². The third-order valence-corrected chi connectivity index (χ3v) is 8.91. The molecule has 0 saturated heterocycles. The number of carbonyl (C=O) groups excluding carboxylic acids is 3. The minimum Gasteiger partial charge on any atom is -0.390 e. The Morgan fingerprint density at radius 2 is 1.67 bits per heavy atom. The highest BCUT2D eigenvalue weighted by Crippen LogP contribution is 2.29. The van der Waals surface area contributed by atoms with Crippen LogP contribution in [0.3, 0.4) is 0 Å². The number of likely N-dealkylation sites (N-methyl/N-ethyl adjacent to an activating group) is 1. The van der Waals surface area contributed by atoms with Gasteiger partial charge in [-0.25, -0.2) is 0 Å². The van der Waals surface area contributed by atoms with Gasteiger partial charge in [-0.05, 0) is 43.1 Å². The van der Waals surface area contributed by atoms with Gasteiger partial charge >= 0.3 is 0 Å². The van der Waals surface area contributed by atoms with Crippen LogP contribution >= 0.6 is 0 Å². The van der Waals surface area contributed by atoms with Crippen molar-refractivity contribution in [3.05, 3.63) is 35.9 Å². The fraction of sp³-hybridized carbons (Fsp3) is 0.703. The molecule has 0 unspecified atom stereocenters. The van der Waals surface area contributed by atoms with Crippen LogP contribution in [-0.4, -0.2) is 83.3 Å². The number of carbonyl (C=O) groups is 3. The summed E-state index contributed by atoms with van der Waals surface area (Å²) >= 11 is 0. The van der Waals surface area contributed by atoms with Gasteiger partial charge in [-0.3, -0.25) is 14.4 Å². The summed E-state index contributed by atoms with van der Waals surface area (Å²) < 4.78 is 0. The first kappa shape index (κ1) is 39.2. The number of hydrogen-bond acceptors (Lipinski definition) is 6. The molecule has 1 aromatic rings. The minimum atomic E-state index is -1.14. The molecule has 1 aromatic carbocycles. The molecule has 9 heteroatoms. The summed E-state index contributed by atoms with van der Waals surface area (Å²) in [5, 5.41) is 31.2. The van der Waals surface area contributed by atoms with Crippen LogP contribution in [-0.2, 0) is 20.8 Å². The van der Waals surface area contributed by atoms with Crippen LogP contribution < -0.4 is 16.0 Å². The Hall–Kier alpha value is -2.93. The quantitative estimate of drug-likeness (QED) is 0.138. The zero-order valence-electron chi connectivity index (χ0n) is 28.8. The Morgan fingerprint density at radius 1 is 1.00 bits per heavy atom. The van der Waals surface area contributed by atoms with Gasteiger partial charge in [0.1, 0.15) is 12.1 Å². The number of hydrogen-bond donors (Lipinski definition) is 5. The van der Waals surface area contributed by atoms with Gasteiger partial charge in [-0.15, -0.1) is 12.3 Å². The van der Waals surface area contributed by atoms with Crippen molar-refractivity contribution in [3.8, 4) is 12.3 Å². The Bertz CT molecular complexity index is 1080. The lowest BCUT2D eigenvalue weighted by Crippen LogP contribution is -2.56. The largest absolute Gasteiger partial charge is 0.390 e. The maximum Gasteiger partial charge on any atom is 0.242 e. The summed E-state index contributed by atoms with van der Waals surface area (Å²) in [6.07, 6.45) is 10.7. The van der Waals surface area contributed by atoms with Crippen molar-refractivity contribution in [1.29, 1.82) is 0 Å². The van der Waals surface area contributed by atoms with Gasteiger partial charge in [-0.1, -0.05) is 90.1 Å². The number of rotatable bonds is 20. The number of aliphatic hydroxyl groups excluding tert-OH is 2. The van der Waals surface area contributed by atoms with Crippen molar-refractivity contribution in [2.75, 3.05) is 20.1 Å². The number of amides is 3. The summed E-state index contributed by atoms with van der Waals surface area (Å²) in [7, 11) is 1.73. The Kier molecular flexibility index (Phi) is 18.0. The molecule has 1 fully saturated rings. The van der Waals surface area contributed by atoms with Crippen molar-refractivity contribution in [3.63, 3.8) is 0 Å². The zero-order chi connectivity index (χ0) is 34.1. The summed E-state index contributed by atoms with van der Waals surface area (Å²) in [4.78, 5) is 42.5. The summed E-state index contributed by atoms with van der Waals surface area (Å²) in [5.74, 6) is 1.39. The van der Waals surface area contributed by atoms with E-state index in [1.54, 1.807) is 11.9 Å². The molecule has 5 N–H and O–H groups in total. The first-order valence-corrected chi connectivity index (χ1v) is 17.3. The van der Waals surface area contributed by atoms with Crippen molar-refractivity contribution >= 4 is 17.7 Å². The minimum absolute atomic E-state index is 0.00715. The molecule has 1 saturated carbocycles. The predicted octanol–water partition coefficient (Wildman–Crippen LogP) is 3.81. The third-order valence-electron chi connectivity index (χ3n) is 8.91. The molecule has 1 aliphatic carbocycles. The molecule has 1 aliphatic rings. The molecule has 5 atom stereocenters. The molecule has 0 aliphatic heterocycles. The molecule has 0 spiro atoms. The van der Waals surface area contributed by atoms with E-state index in [2.05, 4.69) is 21.9 Å². The maximum absolute atomic E-state index is 13.8. The van der Waals surface area contributed by atoms with Gasteiger partial charge in [0.15, 0.2) is 0 Å². The molecule has 0 bridgehead atoms. The highest BCUT2D eigenvalue weighted by atomic mass is 16.3. The van der Waals surface area contributed by atoms with Crippen molar-refractivity contribution in [2.45, 2.75) is 129 Å². The van der Waals surface area contributed by atoms with Gasteiger partial charge in [0.2, 0.25) is 17.7 Å². The Labute approximate surface area is 277 Å². The topological polar surface area (TPSA) is 131 Å². The average molecular weight is 641 g/mol. The first-order valence-electron chi connectivity index (χ1n) is 17.3. The fourth-order valence-electron chi connectivity index (χ4n) is 6.19. The molecule has 0 radical (unpaired) electrons. The number of benzene rings is 1. The lowest BCUT2D eigenvalue weighted by molar-refractivity contribution is -0.137. The predicted molar refractivity (Wildman–Crippen MR) is 184 cm³/mol. The molecular formula is C37H60N4O5. The number of nitrogens with one attached hydrogen (secondary N) is 3. The van der Waals surface area contributed by atoms with E-state index in [0.29, 0.717) is 44.3 Å². The number of nitrogens with zero attached hydrogens (tertiary/aromatic N) is 1. The highest BCUT2D eigenvalue weighted by Gasteiger charge is 2.34. The summed E-state index contributed by atoms with van der Waals surface area (Å²) in [6, 6.07) is 8.21. The van der Waals surface area contributed by atoms with Gasteiger partial charge in [0.25, 0.3) is 0 Å². The molecule has 258 valence electrons. The van der Waals surface area contributed by atoms with Crippen molar-refractivity contribution in [2.24, 2.45) is 17.8 Å². The Morgan fingerprint density at radius 3 is 2.28 bits per heavy atom. The summed E-state index contributed by atoms with van der Waals surface area (Å²) in [5.41, 5.74) is 0.916. The second-order valence-electron chi connectivity index (χ2n) is 13.9. The van der Waals surface area contributed by atoms with Crippen LogP contribution in [0.15, 0.2) is 30.3 Å². The number of aliphatic hydroxyl groups is 2. The number of terminal acetylenes is 1. The van der Waals surface area contributed by atoms with Crippen LogP contribution in [0.1, 0.15) is 97.5 Å². The SMILES string of the molecule is C#CCC[C@H](NC(=O)[C@H](CC(=O)N(C)CCNC(C)C)Cc1ccccc1)C(=O)N[C@H](CC1CCCCC1)[C@@H](O)[C@H](O)CC(C)C. The second kappa shape index (κ2) is 21.0. The fourth-order valence-corrected chi connectivity index (χ4v) is 6.19. The van der Waals surface area contributed by atoms with E-state index in [9.17, 15) is 24.6 Å². The van der Waals surface area contributed by atoms with Gasteiger partial charge in [-0.2, -0.15) is 0 Å². The highest BCUT2D eigenvalue weighted by molar-refractivity contribution is 5.91.